The number of imidazole rings is 1. The van der Waals surface area contributed by atoms with Gasteiger partial charge in [-0.2, -0.15) is 13.2 Å². The number of H-pyrrole nitrogens is 1. The van der Waals surface area contributed by atoms with Crippen LogP contribution < -0.4 is 4.72 Å². The first-order valence-corrected chi connectivity index (χ1v) is 6.95. The van der Waals surface area contributed by atoms with E-state index < -0.39 is 26.7 Å². The van der Waals surface area contributed by atoms with Crippen molar-refractivity contribution < 1.29 is 21.6 Å². The van der Waals surface area contributed by atoms with Gasteiger partial charge in [0.2, 0.25) is 5.95 Å². The molecule has 0 radical (unpaired) electrons. The molecule has 0 atom stereocenters. The predicted octanol–water partition coefficient (Wildman–Crippen LogP) is 2.88. The molecule has 0 aliphatic rings. The minimum atomic E-state index is -4.67. The lowest BCUT2D eigenvalue weighted by Crippen LogP contribution is -2.16. The average Bonchev–Trinajstić information content (AvgIpc) is 2.79. The van der Waals surface area contributed by atoms with Gasteiger partial charge in [0.15, 0.2) is 0 Å². The maximum Gasteiger partial charge on any atom is 0.416 e. The van der Waals surface area contributed by atoms with Gasteiger partial charge in [0.25, 0.3) is 10.0 Å². The van der Waals surface area contributed by atoms with Crippen LogP contribution in [-0.2, 0) is 16.2 Å². The van der Waals surface area contributed by atoms with Gasteiger partial charge in [-0.1, -0.05) is 11.6 Å². The molecule has 1 heterocycles. The molecular formula is C10H7ClF3N3O2S. The summed E-state index contributed by atoms with van der Waals surface area (Å²) in [5.41, 5.74) is -1.11. The number of benzene rings is 1. The van der Waals surface area contributed by atoms with Gasteiger partial charge in [0.1, 0.15) is 4.90 Å². The van der Waals surface area contributed by atoms with Gasteiger partial charge >= 0.3 is 6.18 Å². The second-order valence-electron chi connectivity index (χ2n) is 3.69. The Bertz CT molecular complexity index is 714. The number of aromatic amines is 1. The van der Waals surface area contributed by atoms with E-state index in [-0.39, 0.29) is 11.0 Å². The quantitative estimate of drug-likeness (QED) is 0.911. The van der Waals surface area contributed by atoms with Crippen molar-refractivity contribution in [3.63, 3.8) is 0 Å². The Labute approximate surface area is 116 Å². The third-order valence-electron chi connectivity index (χ3n) is 2.28. The summed E-state index contributed by atoms with van der Waals surface area (Å²) < 4.78 is 63.7. The number of aromatic nitrogens is 2. The van der Waals surface area contributed by atoms with Crippen molar-refractivity contribution >= 4 is 27.6 Å². The molecule has 5 nitrogen and oxygen atoms in total. The fraction of sp³-hybridized carbons (Fsp3) is 0.100. The third kappa shape index (κ3) is 3.05. The number of anilines is 1. The van der Waals surface area contributed by atoms with Gasteiger partial charge in [-0.3, -0.25) is 0 Å². The molecule has 2 aromatic rings. The first kappa shape index (κ1) is 14.7. The molecule has 0 saturated carbocycles. The zero-order chi connectivity index (χ0) is 15.0. The number of alkyl halides is 3. The molecule has 0 amide bonds. The van der Waals surface area contributed by atoms with Crippen LogP contribution in [0.2, 0.25) is 5.02 Å². The van der Waals surface area contributed by atoms with Crippen LogP contribution in [0.25, 0.3) is 0 Å². The Morgan fingerprint density at radius 2 is 2.00 bits per heavy atom. The Morgan fingerprint density at radius 3 is 2.55 bits per heavy atom. The molecule has 0 bridgehead atoms. The summed E-state index contributed by atoms with van der Waals surface area (Å²) in [5, 5.41) is -0.322. The van der Waals surface area contributed by atoms with Gasteiger partial charge in [0.05, 0.1) is 10.6 Å². The number of nitrogens with zero attached hydrogens (tertiary/aromatic N) is 1. The van der Waals surface area contributed by atoms with Crippen molar-refractivity contribution in [1.82, 2.24) is 9.97 Å². The van der Waals surface area contributed by atoms with Crippen LogP contribution in [0.1, 0.15) is 5.56 Å². The lowest BCUT2D eigenvalue weighted by atomic mass is 10.2. The monoisotopic (exact) mass is 325 g/mol. The second kappa shape index (κ2) is 4.98. The van der Waals surface area contributed by atoms with E-state index in [9.17, 15) is 21.6 Å². The Kier molecular flexibility index (Phi) is 3.65. The molecule has 2 rings (SSSR count). The molecule has 0 unspecified atom stereocenters. The van der Waals surface area contributed by atoms with Crippen LogP contribution in [0, 0.1) is 0 Å². The molecule has 0 saturated heterocycles. The molecular weight excluding hydrogens is 319 g/mol. The molecule has 0 aliphatic heterocycles. The van der Waals surface area contributed by atoms with Crippen LogP contribution in [-0.4, -0.2) is 18.4 Å². The highest BCUT2D eigenvalue weighted by Gasteiger charge is 2.32. The highest BCUT2D eigenvalue weighted by Crippen LogP contribution is 2.33. The van der Waals surface area contributed by atoms with Crippen LogP contribution in [0.4, 0.5) is 19.1 Å². The molecule has 108 valence electrons. The largest absolute Gasteiger partial charge is 0.416 e. The first-order chi connectivity index (χ1) is 9.20. The molecule has 1 aromatic carbocycles. The summed E-state index contributed by atoms with van der Waals surface area (Å²) >= 11 is 5.65. The predicted molar refractivity (Wildman–Crippen MR) is 65.9 cm³/mol. The second-order valence-corrected chi connectivity index (χ2v) is 5.74. The molecule has 0 spiro atoms. The smallest absolute Gasteiger partial charge is 0.330 e. The summed E-state index contributed by atoms with van der Waals surface area (Å²) in [6.45, 7) is 0. The highest BCUT2D eigenvalue weighted by molar-refractivity contribution is 7.92. The number of nitrogens with one attached hydrogen (secondary N) is 2. The van der Waals surface area contributed by atoms with E-state index in [1.54, 1.807) is 0 Å². The van der Waals surface area contributed by atoms with E-state index in [1.165, 1.54) is 12.4 Å². The number of rotatable bonds is 3. The normalized spacial score (nSPS) is 12.4. The Balaban J connectivity index is 2.46. The maximum absolute atomic E-state index is 12.6. The number of halogens is 4. The van der Waals surface area contributed by atoms with Gasteiger partial charge in [-0.15, -0.1) is 0 Å². The lowest BCUT2D eigenvalue weighted by Gasteiger charge is -2.11. The Morgan fingerprint density at radius 1 is 1.30 bits per heavy atom. The summed E-state index contributed by atoms with van der Waals surface area (Å²) in [4.78, 5) is 5.40. The zero-order valence-electron chi connectivity index (χ0n) is 9.57. The van der Waals surface area contributed by atoms with Crippen molar-refractivity contribution in [3.8, 4) is 0 Å². The molecule has 20 heavy (non-hydrogen) atoms. The molecule has 10 heteroatoms. The van der Waals surface area contributed by atoms with E-state index in [0.717, 1.165) is 6.07 Å². The summed E-state index contributed by atoms with van der Waals surface area (Å²) in [6, 6.07) is 2.04. The Hall–Kier alpha value is -1.74. The van der Waals surface area contributed by atoms with Crippen molar-refractivity contribution in [3.05, 3.63) is 41.2 Å². The van der Waals surface area contributed by atoms with Crippen LogP contribution in [0.15, 0.2) is 35.5 Å². The summed E-state index contributed by atoms with van der Waals surface area (Å²) in [6.07, 6.45) is -2.03. The highest BCUT2D eigenvalue weighted by atomic mass is 35.5. The number of hydrogen-bond acceptors (Lipinski definition) is 3. The van der Waals surface area contributed by atoms with Crippen LogP contribution >= 0.6 is 11.6 Å². The van der Waals surface area contributed by atoms with E-state index in [1.807, 2.05) is 4.72 Å². The summed E-state index contributed by atoms with van der Waals surface area (Å²) in [5.74, 6) is -0.126. The standard InChI is InChI=1S/C10H7ClF3N3O2S/c11-7-2-1-6(10(12,13)14)5-8(7)20(18,19)17-9-15-3-4-16-9/h1-5H,(H2,15,16,17). The van der Waals surface area contributed by atoms with Gasteiger partial charge in [-0.25, -0.2) is 18.1 Å². The fourth-order valence-corrected chi connectivity index (χ4v) is 2.89. The van der Waals surface area contributed by atoms with Crippen molar-refractivity contribution in [2.45, 2.75) is 11.1 Å². The minimum Gasteiger partial charge on any atom is -0.330 e. The molecule has 2 N–H and O–H groups in total. The van der Waals surface area contributed by atoms with Crippen molar-refractivity contribution in [2.24, 2.45) is 0 Å². The average molecular weight is 326 g/mol. The summed E-state index contributed by atoms with van der Waals surface area (Å²) in [7, 11) is -4.27. The SMILES string of the molecule is O=S(=O)(Nc1ncc[nH]1)c1cc(C(F)(F)F)ccc1Cl. The van der Waals surface area contributed by atoms with Crippen LogP contribution in [0.5, 0.6) is 0 Å². The molecule has 0 fully saturated rings. The topological polar surface area (TPSA) is 74.8 Å². The van der Waals surface area contributed by atoms with E-state index >= 15 is 0 Å². The van der Waals surface area contributed by atoms with Crippen molar-refractivity contribution in [2.75, 3.05) is 4.72 Å². The third-order valence-corrected chi connectivity index (χ3v) is 4.10. The molecule has 1 aromatic heterocycles. The van der Waals surface area contributed by atoms with Gasteiger partial charge in [0, 0.05) is 12.4 Å². The van der Waals surface area contributed by atoms with E-state index in [0.29, 0.717) is 12.1 Å². The van der Waals surface area contributed by atoms with Gasteiger partial charge < -0.3 is 4.98 Å². The maximum atomic E-state index is 12.6. The van der Waals surface area contributed by atoms with Crippen LogP contribution in [0.3, 0.4) is 0 Å². The minimum absolute atomic E-state index is 0.126. The lowest BCUT2D eigenvalue weighted by molar-refractivity contribution is -0.137. The van der Waals surface area contributed by atoms with Gasteiger partial charge in [-0.05, 0) is 18.2 Å². The zero-order valence-corrected chi connectivity index (χ0v) is 11.1. The fourth-order valence-electron chi connectivity index (χ4n) is 1.39. The van der Waals surface area contributed by atoms with Crippen molar-refractivity contribution in [1.29, 1.82) is 0 Å². The number of sulfonamides is 1. The first-order valence-electron chi connectivity index (χ1n) is 5.09. The molecule has 0 aliphatic carbocycles. The van der Waals surface area contributed by atoms with E-state index in [4.69, 9.17) is 11.6 Å². The number of hydrogen-bond donors (Lipinski definition) is 2. The van der Waals surface area contributed by atoms with E-state index in [2.05, 4.69) is 9.97 Å².